The molecule has 0 aliphatic rings. The predicted molar refractivity (Wildman–Crippen MR) is 147 cm³/mol. The van der Waals surface area contributed by atoms with Crippen LogP contribution < -0.4 is 0 Å². The second kappa shape index (κ2) is 9.18. The second-order valence-electron chi connectivity index (χ2n) is 9.06. The number of carbonyl (C=O) groups excluding carboxylic acids is 1. The number of aromatic nitrogens is 1. The molecular weight excluding hydrogens is 466 g/mol. The minimum Gasteiger partial charge on any atom is -0.451 e. The zero-order chi connectivity index (χ0) is 24.6. The third-order valence-corrected chi connectivity index (χ3v) is 7.12. The summed E-state index contributed by atoms with van der Waals surface area (Å²) in [5, 5.41) is 6.01. The highest BCUT2D eigenvalue weighted by Crippen LogP contribution is 2.37. The summed E-state index contributed by atoms with van der Waals surface area (Å²) in [5.74, 6) is -0.298. The van der Waals surface area contributed by atoms with Gasteiger partial charge < -0.3 is 9.30 Å². The summed E-state index contributed by atoms with van der Waals surface area (Å²) in [6, 6.07) is 35.9. The lowest BCUT2D eigenvalue weighted by Crippen LogP contribution is -2.22. The van der Waals surface area contributed by atoms with E-state index in [9.17, 15) is 4.79 Å². The lowest BCUT2D eigenvalue weighted by molar-refractivity contribution is -0.150. The van der Waals surface area contributed by atoms with Crippen molar-refractivity contribution in [1.82, 2.24) is 4.57 Å². The van der Waals surface area contributed by atoms with Crippen LogP contribution in [-0.4, -0.2) is 10.5 Å². The first kappa shape index (κ1) is 22.4. The topological polar surface area (TPSA) is 31.2 Å². The molecule has 0 saturated heterocycles. The van der Waals surface area contributed by atoms with Gasteiger partial charge in [-0.2, -0.15) is 0 Å². The van der Waals surface area contributed by atoms with Crippen molar-refractivity contribution in [3.8, 4) is 0 Å². The number of hydrogen-bond acceptors (Lipinski definition) is 2. The van der Waals surface area contributed by atoms with Gasteiger partial charge in [0.25, 0.3) is 0 Å². The smallest absolute Gasteiger partial charge is 0.329 e. The SMILES string of the molecule is CC(C(=O)OC(c1cccc2ccccc12)c1cccc2ccccc12)n1ccc2cc(Cl)ccc21. The normalized spacial score (nSPS) is 12.4. The van der Waals surface area contributed by atoms with E-state index in [1.54, 1.807) is 0 Å². The van der Waals surface area contributed by atoms with Gasteiger partial charge in [-0.3, -0.25) is 0 Å². The molecule has 0 bridgehead atoms. The minimum atomic E-state index is -0.562. The van der Waals surface area contributed by atoms with E-state index >= 15 is 0 Å². The van der Waals surface area contributed by atoms with E-state index in [4.69, 9.17) is 16.3 Å². The third-order valence-electron chi connectivity index (χ3n) is 6.89. The van der Waals surface area contributed by atoms with Gasteiger partial charge >= 0.3 is 5.97 Å². The Morgan fingerprint density at radius 3 is 1.94 bits per heavy atom. The molecule has 6 aromatic rings. The molecule has 1 heterocycles. The van der Waals surface area contributed by atoms with E-state index in [1.165, 1.54) is 0 Å². The summed E-state index contributed by atoms with van der Waals surface area (Å²) < 4.78 is 8.35. The van der Waals surface area contributed by atoms with Crippen LogP contribution in [0.5, 0.6) is 0 Å². The minimum absolute atomic E-state index is 0.298. The third kappa shape index (κ3) is 3.92. The van der Waals surface area contributed by atoms with Crippen LogP contribution >= 0.6 is 11.6 Å². The number of fused-ring (bicyclic) bond motifs is 3. The number of ether oxygens (including phenoxy) is 1. The summed E-state index contributed by atoms with van der Waals surface area (Å²) in [4.78, 5) is 13.7. The molecule has 0 aliphatic heterocycles. The molecule has 0 amide bonds. The summed E-state index contributed by atoms with van der Waals surface area (Å²) in [6.45, 7) is 1.87. The van der Waals surface area contributed by atoms with Crippen LogP contribution in [0.1, 0.15) is 30.2 Å². The van der Waals surface area contributed by atoms with Crippen molar-refractivity contribution in [3.63, 3.8) is 0 Å². The van der Waals surface area contributed by atoms with Gasteiger partial charge in [-0.25, -0.2) is 4.79 Å². The highest BCUT2D eigenvalue weighted by atomic mass is 35.5. The maximum atomic E-state index is 13.7. The van der Waals surface area contributed by atoms with Crippen molar-refractivity contribution in [2.45, 2.75) is 19.1 Å². The molecule has 1 atom stereocenters. The zero-order valence-electron chi connectivity index (χ0n) is 19.8. The summed E-state index contributed by atoms with van der Waals surface area (Å²) in [5.41, 5.74) is 2.87. The van der Waals surface area contributed by atoms with E-state index in [0.29, 0.717) is 5.02 Å². The molecule has 1 unspecified atom stereocenters. The Hall–Kier alpha value is -4.08. The fourth-order valence-corrected chi connectivity index (χ4v) is 5.23. The zero-order valence-corrected chi connectivity index (χ0v) is 20.5. The number of esters is 1. The Kier molecular flexibility index (Phi) is 5.71. The van der Waals surface area contributed by atoms with Gasteiger partial charge in [-0.05, 0) is 52.7 Å². The second-order valence-corrected chi connectivity index (χ2v) is 9.49. The van der Waals surface area contributed by atoms with E-state index < -0.39 is 12.1 Å². The van der Waals surface area contributed by atoms with Gasteiger partial charge in [-0.15, -0.1) is 0 Å². The first-order chi connectivity index (χ1) is 17.6. The number of hydrogen-bond donors (Lipinski definition) is 0. The standard InChI is InChI=1S/C32H24ClNO2/c1-21(34-19-18-24-20-25(33)16-17-30(24)34)32(35)36-31(28-14-6-10-22-8-2-4-12-26(22)28)29-15-7-11-23-9-3-5-13-27(23)29/h2-21,31H,1H3. The van der Waals surface area contributed by atoms with Crippen LogP contribution in [0.25, 0.3) is 32.4 Å². The van der Waals surface area contributed by atoms with Crippen LogP contribution in [0.15, 0.2) is 115 Å². The fourth-order valence-electron chi connectivity index (χ4n) is 5.05. The van der Waals surface area contributed by atoms with Crippen molar-refractivity contribution >= 4 is 50.0 Å². The quantitative estimate of drug-likeness (QED) is 0.227. The maximum absolute atomic E-state index is 13.7. The molecule has 176 valence electrons. The number of benzene rings is 5. The average molecular weight is 490 g/mol. The monoisotopic (exact) mass is 489 g/mol. The van der Waals surface area contributed by atoms with Crippen molar-refractivity contribution in [2.24, 2.45) is 0 Å². The van der Waals surface area contributed by atoms with Crippen molar-refractivity contribution in [1.29, 1.82) is 0 Å². The molecule has 4 heteroatoms. The van der Waals surface area contributed by atoms with Crippen LogP contribution in [0, 0.1) is 0 Å². The molecule has 0 spiro atoms. The van der Waals surface area contributed by atoms with Gasteiger partial charge in [0.2, 0.25) is 0 Å². The van der Waals surface area contributed by atoms with E-state index in [2.05, 4.69) is 48.5 Å². The molecular formula is C32H24ClNO2. The lowest BCUT2D eigenvalue weighted by Gasteiger charge is -2.24. The van der Waals surface area contributed by atoms with Crippen molar-refractivity contribution in [2.75, 3.05) is 0 Å². The Morgan fingerprint density at radius 2 is 1.31 bits per heavy atom. The molecule has 0 aliphatic carbocycles. The largest absolute Gasteiger partial charge is 0.451 e. The fraction of sp³-hybridized carbons (Fsp3) is 0.0938. The van der Waals surface area contributed by atoms with Gasteiger partial charge in [0.15, 0.2) is 6.10 Å². The van der Waals surface area contributed by atoms with Crippen LogP contribution in [0.4, 0.5) is 0 Å². The van der Waals surface area contributed by atoms with Crippen molar-refractivity contribution in [3.05, 3.63) is 132 Å². The van der Waals surface area contributed by atoms with Gasteiger partial charge in [0, 0.05) is 33.2 Å². The summed E-state index contributed by atoms with van der Waals surface area (Å²) in [7, 11) is 0. The predicted octanol–water partition coefficient (Wildman–Crippen LogP) is 8.49. The Balaban J connectivity index is 1.46. The van der Waals surface area contributed by atoms with E-state index in [-0.39, 0.29) is 5.97 Å². The molecule has 0 radical (unpaired) electrons. The lowest BCUT2D eigenvalue weighted by atomic mass is 9.92. The molecule has 1 aromatic heterocycles. The van der Waals surface area contributed by atoms with Crippen LogP contribution in [0.2, 0.25) is 5.02 Å². The molecule has 3 nitrogen and oxygen atoms in total. The molecule has 0 saturated carbocycles. The first-order valence-electron chi connectivity index (χ1n) is 12.0. The van der Waals surface area contributed by atoms with Gasteiger partial charge in [0.05, 0.1) is 0 Å². The van der Waals surface area contributed by atoms with E-state index in [0.717, 1.165) is 43.6 Å². The van der Waals surface area contributed by atoms with Gasteiger partial charge in [0.1, 0.15) is 6.04 Å². The molecule has 5 aromatic carbocycles. The van der Waals surface area contributed by atoms with E-state index in [1.807, 2.05) is 78.4 Å². The van der Waals surface area contributed by atoms with Crippen LogP contribution in [-0.2, 0) is 9.53 Å². The van der Waals surface area contributed by atoms with Crippen LogP contribution in [0.3, 0.4) is 0 Å². The molecule has 0 fully saturated rings. The Labute approximate surface area is 214 Å². The summed E-state index contributed by atoms with van der Waals surface area (Å²) >= 11 is 6.17. The summed E-state index contributed by atoms with van der Waals surface area (Å²) in [6.07, 6.45) is 1.35. The maximum Gasteiger partial charge on any atom is 0.329 e. The molecule has 36 heavy (non-hydrogen) atoms. The number of nitrogens with zero attached hydrogens (tertiary/aromatic N) is 1. The Morgan fingerprint density at radius 1 is 0.722 bits per heavy atom. The number of carbonyl (C=O) groups is 1. The average Bonchev–Trinajstić information content (AvgIpc) is 3.33. The van der Waals surface area contributed by atoms with Gasteiger partial charge in [-0.1, -0.05) is 96.5 Å². The first-order valence-corrected chi connectivity index (χ1v) is 12.4. The van der Waals surface area contributed by atoms with Crippen molar-refractivity contribution < 1.29 is 9.53 Å². The molecule has 6 rings (SSSR count). The highest BCUT2D eigenvalue weighted by molar-refractivity contribution is 6.31. The number of rotatable bonds is 5. The number of halogens is 1. The Bertz CT molecular complexity index is 1650. The highest BCUT2D eigenvalue weighted by Gasteiger charge is 2.27. The molecule has 0 N–H and O–H groups in total.